The second kappa shape index (κ2) is 9.06. The number of aryl methyl sites for hydroxylation is 2. The topological polar surface area (TPSA) is 82.2 Å². The van der Waals surface area contributed by atoms with Crippen LogP contribution >= 0.6 is 11.6 Å². The zero-order valence-corrected chi connectivity index (χ0v) is 17.9. The Balaban J connectivity index is 1.36. The molecule has 2 heterocycles. The number of anilines is 1. The Kier molecular flexibility index (Phi) is 6.04. The Hall–Kier alpha value is -3.58. The molecule has 1 amide bonds. The summed E-state index contributed by atoms with van der Waals surface area (Å²) in [5.41, 5.74) is 3.00. The minimum Gasteiger partial charge on any atom is -0.485 e. The minimum atomic E-state index is -0.436. The van der Waals surface area contributed by atoms with Gasteiger partial charge >= 0.3 is 0 Å². The van der Waals surface area contributed by atoms with Crippen molar-refractivity contribution >= 4 is 23.5 Å². The predicted molar refractivity (Wildman–Crippen MR) is 117 cm³/mol. The van der Waals surface area contributed by atoms with E-state index in [9.17, 15) is 4.79 Å². The lowest BCUT2D eigenvalue weighted by atomic mass is 10.1. The van der Waals surface area contributed by atoms with Gasteiger partial charge in [0, 0.05) is 5.02 Å². The summed E-state index contributed by atoms with van der Waals surface area (Å²) in [6.07, 6.45) is 1.53. The number of para-hydroxylation sites is 1. The van der Waals surface area contributed by atoms with E-state index >= 15 is 0 Å². The maximum absolute atomic E-state index is 12.5. The number of aromatic nitrogens is 3. The van der Waals surface area contributed by atoms with E-state index in [1.54, 1.807) is 16.8 Å². The molecule has 0 unspecified atom stereocenters. The lowest BCUT2D eigenvalue weighted by molar-refractivity contribution is 0.0991. The third-order valence-corrected chi connectivity index (χ3v) is 5.07. The Morgan fingerprint density at radius 1 is 1.10 bits per heavy atom. The summed E-state index contributed by atoms with van der Waals surface area (Å²) in [5.74, 6) is 1.27. The molecule has 4 aromatic rings. The van der Waals surface area contributed by atoms with Gasteiger partial charge in [0.15, 0.2) is 5.76 Å². The summed E-state index contributed by atoms with van der Waals surface area (Å²) in [6, 6.07) is 16.8. The standard InChI is InChI=1S/C23H21ClN4O3/c1-15-6-5-7-16(2)21(15)30-13-18-10-11-20(31-18)22(29)26-23-25-14-28(27-23)12-17-8-3-4-9-19(17)24/h3-11,14H,12-13H2,1-2H3,(H,26,27,29). The molecule has 1 N–H and O–H groups in total. The smallest absolute Gasteiger partial charge is 0.293 e. The third-order valence-electron chi connectivity index (χ3n) is 4.70. The van der Waals surface area contributed by atoms with Crippen LogP contribution in [0.3, 0.4) is 0 Å². The summed E-state index contributed by atoms with van der Waals surface area (Å²) >= 11 is 6.18. The van der Waals surface area contributed by atoms with Crippen LogP contribution in [0.15, 0.2) is 65.3 Å². The highest BCUT2D eigenvalue weighted by atomic mass is 35.5. The highest BCUT2D eigenvalue weighted by Gasteiger charge is 2.15. The van der Waals surface area contributed by atoms with Crippen LogP contribution in [0.4, 0.5) is 5.95 Å². The summed E-state index contributed by atoms with van der Waals surface area (Å²) in [7, 11) is 0. The van der Waals surface area contributed by atoms with Gasteiger partial charge in [0.2, 0.25) is 5.95 Å². The molecule has 2 aromatic carbocycles. The summed E-state index contributed by atoms with van der Waals surface area (Å²) < 4.78 is 13.1. The van der Waals surface area contributed by atoms with Crippen molar-refractivity contribution in [3.05, 3.63) is 94.2 Å². The number of rotatable bonds is 7. The van der Waals surface area contributed by atoms with Gasteiger partial charge in [0.25, 0.3) is 5.91 Å². The SMILES string of the molecule is Cc1cccc(C)c1OCc1ccc(C(=O)Nc2ncn(Cc3ccccc3Cl)n2)o1. The van der Waals surface area contributed by atoms with Gasteiger partial charge in [-0.25, -0.2) is 9.67 Å². The van der Waals surface area contributed by atoms with Gasteiger partial charge in [0.1, 0.15) is 24.4 Å². The molecule has 0 spiro atoms. The van der Waals surface area contributed by atoms with Gasteiger partial charge in [-0.2, -0.15) is 0 Å². The van der Waals surface area contributed by atoms with Crippen LogP contribution in [0.25, 0.3) is 0 Å². The van der Waals surface area contributed by atoms with Crippen LogP contribution in [0, 0.1) is 13.8 Å². The number of carbonyl (C=O) groups is 1. The minimum absolute atomic E-state index is 0.155. The van der Waals surface area contributed by atoms with Gasteiger partial charge in [0.05, 0.1) is 6.54 Å². The summed E-state index contributed by atoms with van der Waals surface area (Å²) in [4.78, 5) is 16.6. The van der Waals surface area contributed by atoms with E-state index in [0.717, 1.165) is 22.4 Å². The zero-order valence-electron chi connectivity index (χ0n) is 17.1. The van der Waals surface area contributed by atoms with Crippen molar-refractivity contribution in [2.24, 2.45) is 0 Å². The van der Waals surface area contributed by atoms with Gasteiger partial charge in [-0.3, -0.25) is 10.1 Å². The monoisotopic (exact) mass is 436 g/mol. The number of carbonyl (C=O) groups excluding carboxylic acids is 1. The lowest BCUT2D eigenvalue weighted by Gasteiger charge is -2.10. The molecule has 158 valence electrons. The van der Waals surface area contributed by atoms with Crippen molar-refractivity contribution in [2.75, 3.05) is 5.32 Å². The Labute approximate surface area is 184 Å². The van der Waals surface area contributed by atoms with E-state index < -0.39 is 5.91 Å². The van der Waals surface area contributed by atoms with Crippen molar-refractivity contribution in [1.82, 2.24) is 14.8 Å². The van der Waals surface area contributed by atoms with Crippen molar-refractivity contribution in [2.45, 2.75) is 27.0 Å². The molecule has 8 heteroatoms. The van der Waals surface area contributed by atoms with E-state index in [1.165, 1.54) is 6.33 Å². The van der Waals surface area contributed by atoms with Crippen molar-refractivity contribution in [3.8, 4) is 5.75 Å². The van der Waals surface area contributed by atoms with E-state index in [2.05, 4.69) is 15.4 Å². The molecular weight excluding hydrogens is 416 g/mol. The number of halogens is 1. The van der Waals surface area contributed by atoms with Crippen molar-refractivity contribution in [1.29, 1.82) is 0 Å². The molecule has 31 heavy (non-hydrogen) atoms. The molecule has 0 saturated heterocycles. The number of furan rings is 1. The largest absolute Gasteiger partial charge is 0.485 e. The summed E-state index contributed by atoms with van der Waals surface area (Å²) in [5, 5.41) is 7.55. The first kappa shape index (κ1) is 20.7. The molecule has 0 radical (unpaired) electrons. The van der Waals surface area contributed by atoms with Crippen LogP contribution in [0.5, 0.6) is 5.75 Å². The quantitative estimate of drug-likeness (QED) is 0.439. The third kappa shape index (κ3) is 4.95. The number of hydrogen-bond acceptors (Lipinski definition) is 5. The highest BCUT2D eigenvalue weighted by Crippen LogP contribution is 2.24. The van der Waals surface area contributed by atoms with Crippen LogP contribution in [0.2, 0.25) is 5.02 Å². The molecule has 4 rings (SSSR count). The van der Waals surface area contributed by atoms with Crippen molar-refractivity contribution < 1.29 is 13.9 Å². The molecule has 0 fully saturated rings. The molecule has 2 aromatic heterocycles. The first-order chi connectivity index (χ1) is 15.0. The van der Waals surface area contributed by atoms with Crippen molar-refractivity contribution in [3.63, 3.8) is 0 Å². The number of nitrogens with one attached hydrogen (secondary N) is 1. The fourth-order valence-electron chi connectivity index (χ4n) is 3.14. The van der Waals surface area contributed by atoms with Gasteiger partial charge in [-0.1, -0.05) is 48.0 Å². The molecule has 0 saturated carbocycles. The fourth-order valence-corrected chi connectivity index (χ4v) is 3.34. The van der Waals surface area contributed by atoms with E-state index in [4.69, 9.17) is 20.8 Å². The van der Waals surface area contributed by atoms with Crippen LogP contribution < -0.4 is 10.1 Å². The number of ether oxygens (including phenoxy) is 1. The average molecular weight is 437 g/mol. The summed E-state index contributed by atoms with van der Waals surface area (Å²) in [6.45, 7) is 4.65. The molecule has 0 aliphatic carbocycles. The number of amides is 1. The van der Waals surface area contributed by atoms with Crippen LogP contribution in [-0.4, -0.2) is 20.7 Å². The van der Waals surface area contributed by atoms with Gasteiger partial charge in [-0.05, 0) is 48.7 Å². The maximum Gasteiger partial charge on any atom is 0.293 e. The molecule has 0 atom stereocenters. The predicted octanol–water partition coefficient (Wildman–Crippen LogP) is 5.02. The van der Waals surface area contributed by atoms with Gasteiger partial charge in [-0.15, -0.1) is 5.10 Å². The van der Waals surface area contributed by atoms with E-state index in [-0.39, 0.29) is 18.3 Å². The average Bonchev–Trinajstić information content (AvgIpc) is 3.39. The molecular formula is C23H21ClN4O3. The zero-order chi connectivity index (χ0) is 21.8. The normalized spacial score (nSPS) is 10.8. The second-order valence-electron chi connectivity index (χ2n) is 7.09. The molecule has 0 aliphatic rings. The molecule has 0 aliphatic heterocycles. The molecule has 0 bridgehead atoms. The Bertz CT molecular complexity index is 1190. The van der Waals surface area contributed by atoms with Crippen LogP contribution in [0.1, 0.15) is 33.0 Å². The van der Waals surface area contributed by atoms with Crippen LogP contribution in [-0.2, 0) is 13.2 Å². The Morgan fingerprint density at radius 3 is 2.65 bits per heavy atom. The first-order valence-corrected chi connectivity index (χ1v) is 10.1. The van der Waals surface area contributed by atoms with Gasteiger partial charge < -0.3 is 9.15 Å². The van der Waals surface area contributed by atoms with E-state index in [0.29, 0.717) is 17.3 Å². The fraction of sp³-hybridized carbons (Fsp3) is 0.174. The Morgan fingerprint density at radius 2 is 1.87 bits per heavy atom. The molecule has 7 nitrogen and oxygen atoms in total. The second-order valence-corrected chi connectivity index (χ2v) is 7.49. The first-order valence-electron chi connectivity index (χ1n) is 9.71. The van der Waals surface area contributed by atoms with E-state index in [1.807, 2.05) is 56.3 Å². The lowest BCUT2D eigenvalue weighted by Crippen LogP contribution is -2.12. The number of nitrogens with zero attached hydrogens (tertiary/aromatic N) is 3. The maximum atomic E-state index is 12.5. The number of benzene rings is 2. The number of hydrogen-bond donors (Lipinski definition) is 1. The highest BCUT2D eigenvalue weighted by molar-refractivity contribution is 6.31.